The lowest BCUT2D eigenvalue weighted by Crippen LogP contribution is -2.39. The first-order valence-corrected chi connectivity index (χ1v) is 4.65. The minimum absolute atomic E-state index is 0. The third-order valence-electron chi connectivity index (χ3n) is 2.40. The molecule has 5 heteroatoms. The number of carbonyl (C=O) groups is 1. The van der Waals surface area contributed by atoms with E-state index >= 15 is 0 Å². The number of rotatable bonds is 1. The number of nitrogens with two attached hydrogens (primary N) is 1. The molecule has 82 valence electrons. The summed E-state index contributed by atoms with van der Waals surface area (Å²) in [5.74, 6) is 0.0496. The van der Waals surface area contributed by atoms with Crippen molar-refractivity contribution >= 4 is 29.7 Å². The molecule has 0 unspecified atom stereocenters. The molecule has 3 N–H and O–H groups in total. The number of benzene rings is 1. The number of amides is 1. The Hall–Kier alpha value is -1.42. The van der Waals surface area contributed by atoms with Gasteiger partial charge in [-0.25, -0.2) is 0 Å². The van der Waals surface area contributed by atoms with E-state index in [9.17, 15) is 4.79 Å². The largest absolute Gasteiger partial charge is 0.399 e. The summed E-state index contributed by atoms with van der Waals surface area (Å²) < 4.78 is 0. The number of carbonyl (C=O) groups excluding carboxylic acids is 1. The first-order valence-electron chi connectivity index (χ1n) is 4.65. The minimum Gasteiger partial charge on any atom is -0.399 e. The van der Waals surface area contributed by atoms with E-state index in [0.29, 0.717) is 24.5 Å². The maximum atomic E-state index is 11.8. The van der Waals surface area contributed by atoms with Crippen molar-refractivity contribution < 1.29 is 4.79 Å². The molecule has 1 amide bonds. The van der Waals surface area contributed by atoms with E-state index in [-0.39, 0.29) is 18.3 Å². The highest BCUT2D eigenvalue weighted by atomic mass is 35.5. The zero-order valence-electron chi connectivity index (χ0n) is 8.49. The van der Waals surface area contributed by atoms with E-state index < -0.39 is 0 Å². The van der Waals surface area contributed by atoms with Crippen molar-refractivity contribution in [2.75, 3.05) is 24.3 Å². The Labute approximate surface area is 94.8 Å². The van der Waals surface area contributed by atoms with Crippen molar-refractivity contribution in [2.24, 2.45) is 0 Å². The molecule has 15 heavy (non-hydrogen) atoms. The van der Waals surface area contributed by atoms with Crippen LogP contribution < -0.4 is 11.1 Å². The van der Waals surface area contributed by atoms with E-state index in [2.05, 4.69) is 5.32 Å². The highest BCUT2D eigenvalue weighted by molar-refractivity contribution is 6.02. The van der Waals surface area contributed by atoms with Crippen molar-refractivity contribution in [3.63, 3.8) is 0 Å². The highest BCUT2D eigenvalue weighted by Gasteiger charge is 2.22. The predicted octanol–water partition coefficient (Wildman–Crippen LogP) is 1.54. The molecule has 1 aromatic carbocycles. The van der Waals surface area contributed by atoms with Gasteiger partial charge in [0.05, 0.1) is 12.2 Å². The molecule has 0 bridgehead atoms. The lowest BCUT2D eigenvalue weighted by molar-refractivity contribution is 0.0767. The minimum atomic E-state index is 0. The molecule has 1 aliphatic rings. The van der Waals surface area contributed by atoms with E-state index in [1.54, 1.807) is 17.0 Å². The highest BCUT2D eigenvalue weighted by Crippen LogP contribution is 2.23. The van der Waals surface area contributed by atoms with Gasteiger partial charge < -0.3 is 16.0 Å². The summed E-state index contributed by atoms with van der Waals surface area (Å²) in [6, 6.07) is 5.35. The zero-order chi connectivity index (χ0) is 10.1. The molecule has 1 aliphatic heterocycles. The smallest absolute Gasteiger partial charge is 0.257 e. The Morgan fingerprint density at radius 3 is 2.93 bits per heavy atom. The van der Waals surface area contributed by atoms with Crippen LogP contribution in [0.2, 0.25) is 0 Å². The van der Waals surface area contributed by atoms with Crippen molar-refractivity contribution in [3.8, 4) is 0 Å². The van der Waals surface area contributed by atoms with Crippen LogP contribution in [-0.2, 0) is 0 Å². The van der Waals surface area contributed by atoms with Crippen molar-refractivity contribution in [1.82, 2.24) is 4.90 Å². The number of halogens is 1. The molecule has 0 saturated carbocycles. The molecule has 1 heterocycles. The summed E-state index contributed by atoms with van der Waals surface area (Å²) >= 11 is 0. The van der Waals surface area contributed by atoms with Gasteiger partial charge in [0.25, 0.3) is 5.91 Å². The maximum absolute atomic E-state index is 11.8. The molecule has 1 aromatic rings. The van der Waals surface area contributed by atoms with Gasteiger partial charge in [0.1, 0.15) is 0 Å². The average molecular weight is 228 g/mol. The topological polar surface area (TPSA) is 58.4 Å². The molecule has 0 aliphatic carbocycles. The van der Waals surface area contributed by atoms with Crippen molar-refractivity contribution in [2.45, 2.75) is 6.92 Å². The fourth-order valence-electron chi connectivity index (χ4n) is 1.57. The van der Waals surface area contributed by atoms with Crippen LogP contribution in [0.3, 0.4) is 0 Å². The SMILES string of the molecule is CCN1CNc2ccc(N)cc2C1=O.Cl. The molecule has 0 atom stereocenters. The Balaban J connectivity index is 0.00000112. The zero-order valence-corrected chi connectivity index (χ0v) is 9.30. The first kappa shape index (κ1) is 11.7. The lowest BCUT2D eigenvalue weighted by atomic mass is 10.1. The van der Waals surface area contributed by atoms with Crippen LogP contribution >= 0.6 is 12.4 Å². The molecule has 4 nitrogen and oxygen atoms in total. The molecule has 0 radical (unpaired) electrons. The van der Waals surface area contributed by atoms with Crippen LogP contribution in [0.4, 0.5) is 11.4 Å². The van der Waals surface area contributed by atoms with Crippen LogP contribution in [-0.4, -0.2) is 24.0 Å². The number of nitrogen functional groups attached to an aromatic ring is 1. The Kier molecular flexibility index (Phi) is 3.42. The molecular weight excluding hydrogens is 214 g/mol. The van der Waals surface area contributed by atoms with Crippen LogP contribution in [0.25, 0.3) is 0 Å². The van der Waals surface area contributed by atoms with Crippen molar-refractivity contribution in [1.29, 1.82) is 0 Å². The summed E-state index contributed by atoms with van der Waals surface area (Å²) in [6.45, 7) is 3.24. The quantitative estimate of drug-likeness (QED) is 0.716. The second-order valence-electron chi connectivity index (χ2n) is 3.30. The third kappa shape index (κ3) is 1.99. The van der Waals surface area contributed by atoms with E-state index in [1.165, 1.54) is 0 Å². The van der Waals surface area contributed by atoms with Gasteiger partial charge in [-0.05, 0) is 25.1 Å². The molecule has 2 rings (SSSR count). The van der Waals surface area contributed by atoms with Crippen LogP contribution in [0.5, 0.6) is 0 Å². The van der Waals surface area contributed by atoms with Gasteiger partial charge in [-0.2, -0.15) is 0 Å². The van der Waals surface area contributed by atoms with Gasteiger partial charge in [0.2, 0.25) is 0 Å². The van der Waals surface area contributed by atoms with Crippen LogP contribution in [0.1, 0.15) is 17.3 Å². The fraction of sp³-hybridized carbons (Fsp3) is 0.300. The summed E-state index contributed by atoms with van der Waals surface area (Å²) in [7, 11) is 0. The number of nitrogens with zero attached hydrogens (tertiary/aromatic N) is 1. The summed E-state index contributed by atoms with van der Waals surface area (Å²) in [6.07, 6.45) is 0. The van der Waals surface area contributed by atoms with Crippen LogP contribution in [0, 0.1) is 0 Å². The molecule has 0 spiro atoms. The Morgan fingerprint density at radius 1 is 1.53 bits per heavy atom. The van der Waals surface area contributed by atoms with Gasteiger partial charge in [0.15, 0.2) is 0 Å². The number of hydrogen-bond acceptors (Lipinski definition) is 3. The lowest BCUT2D eigenvalue weighted by Gasteiger charge is -2.28. The van der Waals surface area contributed by atoms with Crippen LogP contribution in [0.15, 0.2) is 18.2 Å². The first-order chi connectivity index (χ1) is 6.72. The Bertz CT molecular complexity index is 381. The molecule has 0 saturated heterocycles. The number of nitrogens with one attached hydrogen (secondary N) is 1. The summed E-state index contributed by atoms with van der Waals surface area (Å²) in [4.78, 5) is 13.6. The number of fused-ring (bicyclic) bond motifs is 1. The summed E-state index contributed by atoms with van der Waals surface area (Å²) in [5.41, 5.74) is 7.79. The normalized spacial score (nSPS) is 13.9. The van der Waals surface area contributed by atoms with Gasteiger partial charge in [-0.3, -0.25) is 4.79 Å². The number of hydrogen-bond donors (Lipinski definition) is 2. The monoisotopic (exact) mass is 227 g/mol. The van der Waals surface area contributed by atoms with Crippen molar-refractivity contribution in [3.05, 3.63) is 23.8 Å². The van der Waals surface area contributed by atoms with Gasteiger partial charge >= 0.3 is 0 Å². The van der Waals surface area contributed by atoms with E-state index in [1.807, 2.05) is 13.0 Å². The molecule has 0 aromatic heterocycles. The second kappa shape index (κ2) is 4.40. The fourth-order valence-corrected chi connectivity index (χ4v) is 1.57. The Morgan fingerprint density at radius 2 is 2.27 bits per heavy atom. The average Bonchev–Trinajstić information content (AvgIpc) is 2.20. The second-order valence-corrected chi connectivity index (χ2v) is 3.30. The maximum Gasteiger partial charge on any atom is 0.257 e. The molecular formula is C10H14ClN3O. The van der Waals surface area contributed by atoms with Gasteiger partial charge in [0, 0.05) is 17.9 Å². The summed E-state index contributed by atoms with van der Waals surface area (Å²) in [5, 5.41) is 3.17. The number of anilines is 2. The van der Waals surface area contributed by atoms with E-state index in [0.717, 1.165) is 5.69 Å². The van der Waals surface area contributed by atoms with Gasteiger partial charge in [-0.15, -0.1) is 12.4 Å². The predicted molar refractivity (Wildman–Crippen MR) is 63.3 cm³/mol. The van der Waals surface area contributed by atoms with E-state index in [4.69, 9.17) is 5.73 Å². The standard InChI is InChI=1S/C10H13N3O.ClH/c1-2-13-6-12-9-4-3-7(11)5-8(9)10(13)14;/h3-5,12H,2,6,11H2,1H3;1H. The third-order valence-corrected chi connectivity index (χ3v) is 2.40. The molecule has 0 fully saturated rings. The van der Waals surface area contributed by atoms with Gasteiger partial charge in [-0.1, -0.05) is 0 Å².